The minimum Gasteiger partial charge on any atom is -0.326 e. The van der Waals surface area contributed by atoms with Crippen LogP contribution in [0.3, 0.4) is 0 Å². The molecule has 2 nitrogen and oxygen atoms in total. The fourth-order valence-corrected chi connectivity index (χ4v) is 0.808. The number of amides is 1. The molecular formula is C11H19NO. The highest BCUT2D eigenvalue weighted by Gasteiger charge is 1.98. The first-order valence-electron chi connectivity index (χ1n) is 4.77. The highest BCUT2D eigenvalue weighted by atomic mass is 16.1. The van der Waals surface area contributed by atoms with Gasteiger partial charge in [0.05, 0.1) is 0 Å². The maximum absolute atomic E-state index is 11.1. The van der Waals surface area contributed by atoms with E-state index >= 15 is 0 Å². The van der Waals surface area contributed by atoms with Crippen molar-refractivity contribution in [1.29, 1.82) is 0 Å². The molecule has 74 valence electrons. The molecule has 0 saturated heterocycles. The van der Waals surface area contributed by atoms with Gasteiger partial charge in [-0.25, -0.2) is 0 Å². The quantitative estimate of drug-likeness (QED) is 0.664. The third-order valence-corrected chi connectivity index (χ3v) is 1.88. The van der Waals surface area contributed by atoms with Crippen LogP contribution in [0.25, 0.3) is 0 Å². The van der Waals surface area contributed by atoms with Gasteiger partial charge in [-0.1, -0.05) is 25.5 Å². The minimum absolute atomic E-state index is 0.0632. The first kappa shape index (κ1) is 11.9. The molecule has 0 rings (SSSR count). The number of hydrogen-bond donors (Lipinski definition) is 1. The number of carbonyl (C=O) groups is 1. The van der Waals surface area contributed by atoms with Crippen molar-refractivity contribution in [3.8, 4) is 0 Å². The Morgan fingerprint density at radius 3 is 2.31 bits per heavy atom. The lowest BCUT2D eigenvalue weighted by Gasteiger charge is -2.04. The van der Waals surface area contributed by atoms with Crippen LogP contribution in [0.5, 0.6) is 0 Å². The van der Waals surface area contributed by atoms with Gasteiger partial charge in [-0.3, -0.25) is 4.79 Å². The van der Waals surface area contributed by atoms with Gasteiger partial charge in [-0.2, -0.15) is 0 Å². The van der Waals surface area contributed by atoms with Crippen molar-refractivity contribution in [2.75, 3.05) is 0 Å². The van der Waals surface area contributed by atoms with Gasteiger partial charge in [-0.05, 0) is 26.3 Å². The summed E-state index contributed by atoms with van der Waals surface area (Å²) in [5.41, 5.74) is 2.16. The van der Waals surface area contributed by atoms with Gasteiger partial charge in [0.1, 0.15) is 0 Å². The molecule has 0 unspecified atom stereocenters. The number of rotatable bonds is 4. The zero-order valence-corrected chi connectivity index (χ0v) is 8.98. The Hall–Kier alpha value is -1.05. The number of allylic oxidation sites excluding steroid dienone is 3. The largest absolute Gasteiger partial charge is 0.326 e. The van der Waals surface area contributed by atoms with Crippen molar-refractivity contribution in [1.82, 2.24) is 5.32 Å². The van der Waals surface area contributed by atoms with Gasteiger partial charge in [0.15, 0.2) is 0 Å². The van der Waals surface area contributed by atoms with Crippen LogP contribution >= 0.6 is 0 Å². The predicted molar refractivity (Wildman–Crippen MR) is 56.2 cm³/mol. The van der Waals surface area contributed by atoms with Crippen molar-refractivity contribution >= 4 is 5.91 Å². The lowest BCUT2D eigenvalue weighted by molar-refractivity contribution is -0.120. The van der Waals surface area contributed by atoms with E-state index < -0.39 is 0 Å². The van der Waals surface area contributed by atoms with Crippen molar-refractivity contribution in [2.45, 2.75) is 40.5 Å². The van der Waals surface area contributed by atoms with Crippen LogP contribution in [0.1, 0.15) is 40.5 Å². The molecule has 0 atom stereocenters. The summed E-state index contributed by atoms with van der Waals surface area (Å²) in [5.74, 6) is 0.0632. The molecule has 0 aromatic rings. The molecule has 0 bridgehead atoms. The molecule has 0 aliphatic rings. The standard InChI is InChI=1S/C11H19NO/c1-5-9(4)8-10(6-2)12-11(13)7-3/h6,8H,5,7H2,1-4H3,(H,12,13)/b9-8-,10-6+. The summed E-state index contributed by atoms with van der Waals surface area (Å²) in [6, 6.07) is 0. The lowest BCUT2D eigenvalue weighted by Crippen LogP contribution is -2.20. The van der Waals surface area contributed by atoms with Crippen LogP contribution in [0.15, 0.2) is 23.4 Å². The normalized spacial score (nSPS) is 12.9. The molecule has 0 aliphatic heterocycles. The average Bonchev–Trinajstić information content (AvgIpc) is 2.16. The SMILES string of the molecule is C/C=C(\C=C(\C)CC)NC(=O)CC. The second kappa shape index (κ2) is 6.46. The third-order valence-electron chi connectivity index (χ3n) is 1.88. The van der Waals surface area contributed by atoms with Crippen molar-refractivity contribution in [3.63, 3.8) is 0 Å². The van der Waals surface area contributed by atoms with Crippen LogP contribution in [0, 0.1) is 0 Å². The summed E-state index contributed by atoms with van der Waals surface area (Å²) < 4.78 is 0. The van der Waals surface area contributed by atoms with Crippen LogP contribution in [0.2, 0.25) is 0 Å². The molecule has 0 radical (unpaired) electrons. The fourth-order valence-electron chi connectivity index (χ4n) is 0.808. The van der Waals surface area contributed by atoms with E-state index in [-0.39, 0.29) is 5.91 Å². The second-order valence-electron chi connectivity index (χ2n) is 2.99. The zero-order valence-electron chi connectivity index (χ0n) is 8.98. The highest BCUT2D eigenvalue weighted by Crippen LogP contribution is 2.03. The number of hydrogen-bond acceptors (Lipinski definition) is 1. The maximum atomic E-state index is 11.1. The average molecular weight is 181 g/mol. The van der Waals surface area contributed by atoms with E-state index in [0.29, 0.717) is 6.42 Å². The number of carbonyl (C=O) groups excluding carboxylic acids is 1. The van der Waals surface area contributed by atoms with Crippen molar-refractivity contribution in [2.24, 2.45) is 0 Å². The van der Waals surface area contributed by atoms with Crippen LogP contribution in [0.4, 0.5) is 0 Å². The zero-order chi connectivity index (χ0) is 10.3. The fraction of sp³-hybridized carbons (Fsp3) is 0.545. The lowest BCUT2D eigenvalue weighted by atomic mass is 10.2. The molecule has 0 spiro atoms. The Kier molecular flexibility index (Phi) is 5.94. The van der Waals surface area contributed by atoms with E-state index in [0.717, 1.165) is 12.1 Å². The smallest absolute Gasteiger partial charge is 0.224 e. The summed E-state index contributed by atoms with van der Waals surface area (Å²) in [4.78, 5) is 11.1. The van der Waals surface area contributed by atoms with Gasteiger partial charge in [0.2, 0.25) is 5.91 Å². The molecule has 0 fully saturated rings. The van der Waals surface area contributed by atoms with E-state index in [1.54, 1.807) is 0 Å². The van der Waals surface area contributed by atoms with E-state index in [1.807, 2.05) is 26.0 Å². The molecule has 0 aliphatic carbocycles. The monoisotopic (exact) mass is 181 g/mol. The molecule has 0 aromatic carbocycles. The van der Waals surface area contributed by atoms with Crippen molar-refractivity contribution < 1.29 is 4.79 Å². The summed E-state index contributed by atoms with van der Waals surface area (Å²) in [5, 5.41) is 2.83. The Morgan fingerprint density at radius 1 is 1.31 bits per heavy atom. The molecule has 1 N–H and O–H groups in total. The third kappa shape index (κ3) is 5.23. The van der Waals surface area contributed by atoms with Gasteiger partial charge in [0.25, 0.3) is 0 Å². The van der Waals surface area contributed by atoms with E-state index in [9.17, 15) is 4.79 Å². The molecule has 0 saturated carbocycles. The Balaban J connectivity index is 4.30. The molecule has 2 heteroatoms. The first-order chi connectivity index (χ1) is 6.13. The Morgan fingerprint density at radius 2 is 1.92 bits per heavy atom. The molecular weight excluding hydrogens is 162 g/mol. The van der Waals surface area contributed by atoms with Gasteiger partial charge < -0.3 is 5.32 Å². The summed E-state index contributed by atoms with van der Waals surface area (Å²) in [6.45, 7) is 7.92. The maximum Gasteiger partial charge on any atom is 0.224 e. The summed E-state index contributed by atoms with van der Waals surface area (Å²) >= 11 is 0. The van der Waals surface area contributed by atoms with Crippen LogP contribution < -0.4 is 5.32 Å². The molecule has 0 aromatic heterocycles. The molecule has 1 amide bonds. The van der Waals surface area contributed by atoms with Crippen LogP contribution in [-0.4, -0.2) is 5.91 Å². The van der Waals surface area contributed by atoms with E-state index in [1.165, 1.54) is 5.57 Å². The van der Waals surface area contributed by atoms with Gasteiger partial charge >= 0.3 is 0 Å². The van der Waals surface area contributed by atoms with Gasteiger partial charge in [-0.15, -0.1) is 0 Å². The van der Waals surface area contributed by atoms with Gasteiger partial charge in [0, 0.05) is 12.1 Å². The van der Waals surface area contributed by atoms with Crippen LogP contribution in [-0.2, 0) is 4.79 Å². The Labute approximate surface area is 80.7 Å². The second-order valence-corrected chi connectivity index (χ2v) is 2.99. The van der Waals surface area contributed by atoms with E-state index in [2.05, 4.69) is 19.2 Å². The first-order valence-corrected chi connectivity index (χ1v) is 4.77. The molecule has 13 heavy (non-hydrogen) atoms. The van der Waals surface area contributed by atoms with Crippen molar-refractivity contribution in [3.05, 3.63) is 23.4 Å². The summed E-state index contributed by atoms with van der Waals surface area (Å²) in [6.07, 6.45) is 5.45. The molecule has 0 heterocycles. The summed E-state index contributed by atoms with van der Waals surface area (Å²) in [7, 11) is 0. The predicted octanol–water partition coefficient (Wildman–Crippen LogP) is 2.77. The van der Waals surface area contributed by atoms with E-state index in [4.69, 9.17) is 0 Å². The number of nitrogens with one attached hydrogen (secondary N) is 1. The highest BCUT2D eigenvalue weighted by molar-refractivity contribution is 5.77. The minimum atomic E-state index is 0.0632. The Bertz CT molecular complexity index is 226. The topological polar surface area (TPSA) is 29.1 Å².